The number of anilines is 2. The lowest BCUT2D eigenvalue weighted by Crippen LogP contribution is -2.28. The molecular weight excluding hydrogens is 318 g/mol. The lowest BCUT2D eigenvalue weighted by molar-refractivity contribution is 0.168. The molecule has 0 aliphatic rings. The zero-order valence-corrected chi connectivity index (χ0v) is 14.7. The molecule has 0 heterocycles. The molecule has 0 radical (unpaired) electrons. The quantitative estimate of drug-likeness (QED) is 0.763. The van der Waals surface area contributed by atoms with Crippen molar-refractivity contribution in [3.63, 3.8) is 0 Å². The van der Waals surface area contributed by atoms with Gasteiger partial charge >= 0.3 is 12.1 Å². The minimum atomic E-state index is -0.505. The van der Waals surface area contributed by atoms with Crippen molar-refractivity contribution in [3.05, 3.63) is 59.2 Å². The van der Waals surface area contributed by atoms with Crippen LogP contribution in [-0.4, -0.2) is 18.7 Å². The highest BCUT2D eigenvalue weighted by atomic mass is 16.5. The number of carbonyl (C=O) groups is 2. The second kappa shape index (κ2) is 8.73. The Morgan fingerprint density at radius 2 is 1.60 bits per heavy atom. The molecule has 0 fully saturated rings. The number of ether oxygens (including phenoxy) is 1. The zero-order chi connectivity index (χ0) is 18.2. The molecule has 0 aliphatic heterocycles. The highest BCUT2D eigenvalue weighted by Gasteiger charge is 2.05. The molecule has 6 nitrogen and oxygen atoms in total. The van der Waals surface area contributed by atoms with Crippen LogP contribution in [0, 0.1) is 13.8 Å². The average molecular weight is 341 g/mol. The van der Waals surface area contributed by atoms with E-state index in [0.29, 0.717) is 24.5 Å². The van der Waals surface area contributed by atoms with Crippen LogP contribution in [0.1, 0.15) is 23.6 Å². The Labute approximate surface area is 147 Å². The second-order valence-corrected chi connectivity index (χ2v) is 5.66. The van der Waals surface area contributed by atoms with Crippen LogP contribution in [0.4, 0.5) is 21.0 Å². The van der Waals surface area contributed by atoms with Crippen molar-refractivity contribution in [3.8, 4) is 0 Å². The van der Waals surface area contributed by atoms with Gasteiger partial charge in [-0.05, 0) is 56.2 Å². The van der Waals surface area contributed by atoms with E-state index in [4.69, 9.17) is 4.74 Å². The first kappa shape index (κ1) is 18.3. The van der Waals surface area contributed by atoms with Gasteiger partial charge in [0.1, 0.15) is 0 Å². The third-order valence-corrected chi connectivity index (χ3v) is 3.60. The Bertz CT molecular complexity index is 742. The molecule has 0 bridgehead atoms. The van der Waals surface area contributed by atoms with E-state index in [1.54, 1.807) is 31.2 Å². The third-order valence-electron chi connectivity index (χ3n) is 3.60. The second-order valence-electron chi connectivity index (χ2n) is 5.66. The predicted octanol–water partition coefficient (Wildman–Crippen LogP) is 4.19. The lowest BCUT2D eigenvalue weighted by Gasteiger charge is -2.11. The van der Waals surface area contributed by atoms with Crippen LogP contribution in [0.15, 0.2) is 42.5 Å². The van der Waals surface area contributed by atoms with Crippen molar-refractivity contribution < 1.29 is 14.3 Å². The summed E-state index contributed by atoms with van der Waals surface area (Å²) < 4.78 is 4.80. The van der Waals surface area contributed by atoms with Gasteiger partial charge in [0.15, 0.2) is 0 Å². The average Bonchev–Trinajstić information content (AvgIpc) is 2.56. The molecule has 2 aromatic carbocycles. The molecule has 3 amide bonds. The van der Waals surface area contributed by atoms with Crippen LogP contribution in [-0.2, 0) is 11.3 Å². The smallest absolute Gasteiger partial charge is 0.411 e. The highest BCUT2D eigenvalue weighted by molar-refractivity contribution is 5.90. The van der Waals surface area contributed by atoms with Crippen LogP contribution in [0.25, 0.3) is 0 Å². The van der Waals surface area contributed by atoms with Crippen molar-refractivity contribution >= 4 is 23.5 Å². The first-order valence-electron chi connectivity index (χ1n) is 8.12. The van der Waals surface area contributed by atoms with Crippen LogP contribution in [0.2, 0.25) is 0 Å². The maximum Gasteiger partial charge on any atom is 0.411 e. The minimum Gasteiger partial charge on any atom is -0.450 e. The van der Waals surface area contributed by atoms with E-state index in [1.807, 2.05) is 26.0 Å². The van der Waals surface area contributed by atoms with E-state index in [0.717, 1.165) is 11.1 Å². The molecular formula is C19H23N3O3. The van der Waals surface area contributed by atoms with E-state index in [1.165, 1.54) is 5.56 Å². The molecule has 0 spiro atoms. The standard InChI is InChI=1S/C19H23N3O3/c1-4-25-19(24)22-17-9-7-16(8-10-17)21-18(23)20-12-15-6-5-13(2)11-14(15)3/h5-11H,4,12H2,1-3H3,(H,22,24)(H2,20,21,23). The molecule has 0 aliphatic carbocycles. The number of nitrogens with one attached hydrogen (secondary N) is 3. The van der Waals surface area contributed by atoms with Gasteiger partial charge in [0.25, 0.3) is 0 Å². The number of carbonyl (C=O) groups excluding carboxylic acids is 2. The SMILES string of the molecule is CCOC(=O)Nc1ccc(NC(=O)NCc2ccc(C)cc2C)cc1. The van der Waals surface area contributed by atoms with Gasteiger partial charge in [0, 0.05) is 17.9 Å². The Kier molecular flexibility index (Phi) is 6.39. The number of hydrogen-bond acceptors (Lipinski definition) is 3. The van der Waals surface area contributed by atoms with E-state index in [9.17, 15) is 9.59 Å². The molecule has 25 heavy (non-hydrogen) atoms. The van der Waals surface area contributed by atoms with Gasteiger partial charge in [-0.25, -0.2) is 9.59 Å². The molecule has 0 saturated heterocycles. The van der Waals surface area contributed by atoms with Crippen LogP contribution in [0.5, 0.6) is 0 Å². The van der Waals surface area contributed by atoms with Gasteiger partial charge in [-0.3, -0.25) is 5.32 Å². The fraction of sp³-hybridized carbons (Fsp3) is 0.263. The number of benzene rings is 2. The molecule has 2 aromatic rings. The van der Waals surface area contributed by atoms with Gasteiger partial charge in [-0.15, -0.1) is 0 Å². The Hall–Kier alpha value is -3.02. The fourth-order valence-corrected chi connectivity index (χ4v) is 2.32. The van der Waals surface area contributed by atoms with Gasteiger partial charge in [0.2, 0.25) is 0 Å². The third kappa shape index (κ3) is 5.84. The summed E-state index contributed by atoms with van der Waals surface area (Å²) >= 11 is 0. The number of rotatable bonds is 5. The highest BCUT2D eigenvalue weighted by Crippen LogP contribution is 2.14. The number of hydrogen-bond donors (Lipinski definition) is 3. The largest absolute Gasteiger partial charge is 0.450 e. The molecule has 0 atom stereocenters. The summed E-state index contributed by atoms with van der Waals surface area (Å²) in [5.74, 6) is 0. The van der Waals surface area contributed by atoms with Crippen LogP contribution in [0.3, 0.4) is 0 Å². The van der Waals surface area contributed by atoms with Crippen LogP contribution >= 0.6 is 0 Å². The van der Waals surface area contributed by atoms with Gasteiger partial charge < -0.3 is 15.4 Å². The molecule has 0 unspecified atom stereocenters. The Morgan fingerprint density at radius 1 is 0.960 bits per heavy atom. The summed E-state index contributed by atoms with van der Waals surface area (Å²) in [5, 5.41) is 8.18. The van der Waals surface area contributed by atoms with E-state index < -0.39 is 6.09 Å². The number of aryl methyl sites for hydroxylation is 2. The molecule has 0 aromatic heterocycles. The van der Waals surface area contributed by atoms with Crippen molar-refractivity contribution in [2.24, 2.45) is 0 Å². The number of amides is 3. The van der Waals surface area contributed by atoms with Crippen molar-refractivity contribution in [1.82, 2.24) is 5.32 Å². The summed E-state index contributed by atoms with van der Waals surface area (Å²) in [6.45, 7) is 6.57. The monoisotopic (exact) mass is 341 g/mol. The Morgan fingerprint density at radius 3 is 2.20 bits per heavy atom. The molecule has 3 N–H and O–H groups in total. The van der Waals surface area contributed by atoms with Crippen LogP contribution < -0.4 is 16.0 Å². The normalized spacial score (nSPS) is 10.0. The van der Waals surface area contributed by atoms with Gasteiger partial charge in [-0.2, -0.15) is 0 Å². The number of urea groups is 1. The van der Waals surface area contributed by atoms with Crippen molar-refractivity contribution in [2.45, 2.75) is 27.3 Å². The fourth-order valence-electron chi connectivity index (χ4n) is 2.32. The maximum atomic E-state index is 12.0. The molecule has 0 saturated carbocycles. The van der Waals surface area contributed by atoms with Gasteiger partial charge in [-0.1, -0.05) is 23.8 Å². The summed E-state index contributed by atoms with van der Waals surface area (Å²) in [6, 6.07) is 12.6. The summed E-state index contributed by atoms with van der Waals surface area (Å²) in [7, 11) is 0. The molecule has 6 heteroatoms. The van der Waals surface area contributed by atoms with E-state index in [2.05, 4.69) is 22.0 Å². The first-order valence-corrected chi connectivity index (χ1v) is 8.12. The summed E-state index contributed by atoms with van der Waals surface area (Å²) in [6.07, 6.45) is -0.505. The van der Waals surface area contributed by atoms with Crippen molar-refractivity contribution in [1.29, 1.82) is 0 Å². The molecule has 2 rings (SSSR count). The van der Waals surface area contributed by atoms with Gasteiger partial charge in [0.05, 0.1) is 6.61 Å². The predicted molar refractivity (Wildman–Crippen MR) is 98.9 cm³/mol. The first-order chi connectivity index (χ1) is 12.0. The summed E-state index contributed by atoms with van der Waals surface area (Å²) in [4.78, 5) is 23.3. The minimum absolute atomic E-state index is 0.286. The summed E-state index contributed by atoms with van der Waals surface area (Å²) in [5.41, 5.74) is 4.65. The zero-order valence-electron chi connectivity index (χ0n) is 14.7. The molecule has 132 valence electrons. The Balaban J connectivity index is 1.84. The maximum absolute atomic E-state index is 12.0. The van der Waals surface area contributed by atoms with E-state index >= 15 is 0 Å². The van der Waals surface area contributed by atoms with Crippen molar-refractivity contribution in [2.75, 3.05) is 17.2 Å². The topological polar surface area (TPSA) is 79.5 Å². The lowest BCUT2D eigenvalue weighted by atomic mass is 10.1. The van der Waals surface area contributed by atoms with E-state index in [-0.39, 0.29) is 6.03 Å².